The first-order valence-corrected chi connectivity index (χ1v) is 8.55. The van der Waals surface area contributed by atoms with E-state index in [1.54, 1.807) is 0 Å². The number of amides is 1. The van der Waals surface area contributed by atoms with Crippen molar-refractivity contribution in [1.82, 2.24) is 9.80 Å². The normalized spacial score (nSPS) is 22.3. The maximum atomic E-state index is 11.8. The van der Waals surface area contributed by atoms with Crippen LogP contribution in [0, 0.1) is 11.3 Å². The molecule has 2 heterocycles. The van der Waals surface area contributed by atoms with E-state index in [0.29, 0.717) is 11.3 Å². The number of hydrogen-bond acceptors (Lipinski definition) is 2. The van der Waals surface area contributed by atoms with E-state index in [-0.39, 0.29) is 0 Å². The minimum Gasteiger partial charge on any atom is -0.341 e. The van der Waals surface area contributed by atoms with Crippen molar-refractivity contribution in [3.05, 3.63) is 0 Å². The van der Waals surface area contributed by atoms with Gasteiger partial charge in [0.1, 0.15) is 0 Å². The van der Waals surface area contributed by atoms with Crippen molar-refractivity contribution in [3.63, 3.8) is 0 Å². The first kappa shape index (κ1) is 15.8. The molecule has 0 bridgehead atoms. The van der Waals surface area contributed by atoms with E-state index in [9.17, 15) is 4.79 Å². The molecule has 2 aliphatic heterocycles. The summed E-state index contributed by atoms with van der Waals surface area (Å²) in [6.07, 6.45) is 6.99. The summed E-state index contributed by atoms with van der Waals surface area (Å²) in [4.78, 5) is 16.5. The molecule has 0 aliphatic carbocycles. The van der Waals surface area contributed by atoms with Crippen LogP contribution in [0.2, 0.25) is 0 Å². The molecule has 0 aromatic rings. The summed E-state index contributed by atoms with van der Waals surface area (Å²) in [5, 5.41) is 0. The largest absolute Gasteiger partial charge is 0.341 e. The second-order valence-electron chi connectivity index (χ2n) is 7.38. The van der Waals surface area contributed by atoms with Crippen LogP contribution in [0.25, 0.3) is 0 Å². The summed E-state index contributed by atoms with van der Waals surface area (Å²) in [6.45, 7) is 12.5. The summed E-state index contributed by atoms with van der Waals surface area (Å²) in [7, 11) is 0. The van der Waals surface area contributed by atoms with Gasteiger partial charge in [0, 0.05) is 24.9 Å². The van der Waals surface area contributed by atoms with Gasteiger partial charge in [-0.15, -0.1) is 0 Å². The van der Waals surface area contributed by atoms with Crippen LogP contribution in [0.1, 0.15) is 59.3 Å². The molecule has 3 heteroatoms. The average Bonchev–Trinajstić information content (AvgIpc) is 2.37. The van der Waals surface area contributed by atoms with Crippen molar-refractivity contribution in [1.29, 1.82) is 0 Å². The van der Waals surface area contributed by atoms with E-state index in [2.05, 4.69) is 30.6 Å². The van der Waals surface area contributed by atoms with Crippen molar-refractivity contribution < 1.29 is 4.79 Å². The molecule has 3 nitrogen and oxygen atoms in total. The highest BCUT2D eigenvalue weighted by molar-refractivity contribution is 5.77. The van der Waals surface area contributed by atoms with Crippen LogP contribution >= 0.6 is 0 Å². The molecule has 20 heavy (non-hydrogen) atoms. The Hall–Kier alpha value is -0.570. The summed E-state index contributed by atoms with van der Waals surface area (Å²) in [6, 6.07) is 0. The molecule has 2 rings (SSSR count). The number of nitrogens with zero attached hydrogens (tertiary/aromatic N) is 2. The third kappa shape index (κ3) is 3.97. The monoisotopic (exact) mass is 280 g/mol. The van der Waals surface area contributed by atoms with Crippen LogP contribution in [0.15, 0.2) is 0 Å². The van der Waals surface area contributed by atoms with Gasteiger partial charge in [-0.2, -0.15) is 0 Å². The molecule has 2 saturated heterocycles. The first-order valence-electron chi connectivity index (χ1n) is 8.55. The predicted molar refractivity (Wildman–Crippen MR) is 83.7 cm³/mol. The molecule has 0 unspecified atom stereocenters. The lowest BCUT2D eigenvalue weighted by Gasteiger charge is -2.54. The van der Waals surface area contributed by atoms with Crippen molar-refractivity contribution in [2.45, 2.75) is 59.3 Å². The average molecular weight is 280 g/mol. The van der Waals surface area contributed by atoms with Crippen molar-refractivity contribution in [2.75, 3.05) is 32.7 Å². The number of likely N-dealkylation sites (tertiary alicyclic amines) is 2. The number of carbonyl (C=O) groups excluding carboxylic acids is 1. The highest BCUT2D eigenvalue weighted by atomic mass is 16.2. The van der Waals surface area contributed by atoms with Crippen LogP contribution in [0.3, 0.4) is 0 Å². The predicted octanol–water partition coefficient (Wildman–Crippen LogP) is 3.15. The van der Waals surface area contributed by atoms with Gasteiger partial charge < -0.3 is 9.80 Å². The molecule has 0 aromatic carbocycles. The zero-order valence-corrected chi connectivity index (χ0v) is 13.7. The lowest BCUT2D eigenvalue weighted by atomic mass is 9.72. The first-order chi connectivity index (χ1) is 9.54. The van der Waals surface area contributed by atoms with Crippen LogP contribution in [-0.4, -0.2) is 48.4 Å². The highest BCUT2D eigenvalue weighted by Crippen LogP contribution is 2.40. The van der Waals surface area contributed by atoms with Gasteiger partial charge in [-0.05, 0) is 57.7 Å². The van der Waals surface area contributed by atoms with E-state index in [0.717, 1.165) is 31.8 Å². The van der Waals surface area contributed by atoms with Gasteiger partial charge in [0.2, 0.25) is 5.91 Å². The molecule has 0 N–H and O–H groups in total. The van der Waals surface area contributed by atoms with Crippen LogP contribution in [-0.2, 0) is 4.79 Å². The maximum Gasteiger partial charge on any atom is 0.222 e. The Morgan fingerprint density at radius 3 is 2.40 bits per heavy atom. The third-order valence-corrected chi connectivity index (χ3v) is 5.04. The maximum absolute atomic E-state index is 11.8. The Bertz CT molecular complexity index is 311. The highest BCUT2D eigenvalue weighted by Gasteiger charge is 2.46. The molecule has 0 aromatic heterocycles. The lowest BCUT2D eigenvalue weighted by Crippen LogP contribution is -2.61. The van der Waals surface area contributed by atoms with Gasteiger partial charge in [-0.1, -0.05) is 20.8 Å². The summed E-state index contributed by atoms with van der Waals surface area (Å²) < 4.78 is 0. The summed E-state index contributed by atoms with van der Waals surface area (Å²) in [5.74, 6) is 1.20. The fourth-order valence-electron chi connectivity index (χ4n) is 3.60. The van der Waals surface area contributed by atoms with Crippen LogP contribution in [0.4, 0.5) is 0 Å². The Kier molecular flexibility index (Phi) is 5.48. The molecule has 0 atom stereocenters. The number of hydrogen-bond donors (Lipinski definition) is 0. The summed E-state index contributed by atoms with van der Waals surface area (Å²) in [5.41, 5.74) is 0.484. The Morgan fingerprint density at radius 2 is 1.85 bits per heavy atom. The van der Waals surface area contributed by atoms with E-state index >= 15 is 0 Å². The molecule has 2 aliphatic rings. The molecule has 1 amide bonds. The van der Waals surface area contributed by atoms with Crippen molar-refractivity contribution >= 4 is 5.91 Å². The Balaban J connectivity index is 1.64. The molecule has 0 radical (unpaired) electrons. The minimum absolute atomic E-state index is 0.373. The van der Waals surface area contributed by atoms with E-state index in [1.165, 1.54) is 45.3 Å². The van der Waals surface area contributed by atoms with Crippen LogP contribution < -0.4 is 0 Å². The fourth-order valence-corrected chi connectivity index (χ4v) is 3.60. The van der Waals surface area contributed by atoms with Gasteiger partial charge >= 0.3 is 0 Å². The topological polar surface area (TPSA) is 23.6 Å². The molecule has 0 saturated carbocycles. The SMILES string of the molecule is CCCC(=O)N1CC2(CCN(CCCC(C)C)CC2)C1. The van der Waals surface area contributed by atoms with Gasteiger partial charge in [-0.3, -0.25) is 4.79 Å². The quantitative estimate of drug-likeness (QED) is 0.746. The second kappa shape index (κ2) is 6.93. The van der Waals surface area contributed by atoms with Gasteiger partial charge in [0.05, 0.1) is 0 Å². The van der Waals surface area contributed by atoms with Crippen molar-refractivity contribution in [2.24, 2.45) is 11.3 Å². The number of rotatable bonds is 6. The zero-order chi connectivity index (χ0) is 14.6. The number of piperidine rings is 1. The Morgan fingerprint density at radius 1 is 1.20 bits per heavy atom. The van der Waals surface area contributed by atoms with Gasteiger partial charge in [0.25, 0.3) is 0 Å². The standard InChI is InChI=1S/C17H32N2O/c1-4-6-16(20)19-13-17(14-19)8-11-18(12-9-17)10-5-7-15(2)3/h15H,4-14H2,1-3H3. The molecule has 2 fully saturated rings. The lowest BCUT2D eigenvalue weighted by molar-refractivity contribution is -0.146. The van der Waals surface area contributed by atoms with Crippen LogP contribution in [0.5, 0.6) is 0 Å². The van der Waals surface area contributed by atoms with E-state index in [4.69, 9.17) is 0 Å². The van der Waals surface area contributed by atoms with Gasteiger partial charge in [-0.25, -0.2) is 0 Å². The van der Waals surface area contributed by atoms with Crippen molar-refractivity contribution in [3.8, 4) is 0 Å². The Labute approximate surface area is 124 Å². The van der Waals surface area contributed by atoms with E-state index in [1.807, 2.05) is 0 Å². The summed E-state index contributed by atoms with van der Waals surface area (Å²) >= 11 is 0. The smallest absolute Gasteiger partial charge is 0.222 e. The number of carbonyl (C=O) groups is 1. The second-order valence-corrected chi connectivity index (χ2v) is 7.38. The third-order valence-electron chi connectivity index (χ3n) is 5.04. The molecule has 116 valence electrons. The molecule has 1 spiro atoms. The molecular weight excluding hydrogens is 248 g/mol. The van der Waals surface area contributed by atoms with E-state index < -0.39 is 0 Å². The van der Waals surface area contributed by atoms with Gasteiger partial charge in [0.15, 0.2) is 0 Å². The fraction of sp³-hybridized carbons (Fsp3) is 0.941. The minimum atomic E-state index is 0.373. The zero-order valence-electron chi connectivity index (χ0n) is 13.7. The molecular formula is C17H32N2O.